The van der Waals surface area contributed by atoms with Crippen LogP contribution in [0.3, 0.4) is 0 Å². The van der Waals surface area contributed by atoms with Crippen LogP contribution in [0.15, 0.2) is 54.6 Å². The summed E-state index contributed by atoms with van der Waals surface area (Å²) in [5.74, 6) is 0. The van der Waals surface area contributed by atoms with Crippen LogP contribution < -0.4 is 11.5 Å². The molecule has 0 atom stereocenters. The molecule has 120 valence electrons. The van der Waals surface area contributed by atoms with Crippen molar-refractivity contribution in [1.82, 2.24) is 9.97 Å². The predicted molar refractivity (Wildman–Crippen MR) is 106 cm³/mol. The highest BCUT2D eigenvalue weighted by Gasteiger charge is 2.13. The second-order valence-corrected chi connectivity index (χ2v) is 6.52. The summed E-state index contributed by atoms with van der Waals surface area (Å²) in [6.07, 6.45) is 0. The molecular weight excluding hydrogens is 308 g/mol. The number of fused-ring (bicyclic) bond motifs is 7. The molecule has 0 unspecified atom stereocenters. The van der Waals surface area contributed by atoms with Crippen molar-refractivity contribution in [3.63, 3.8) is 0 Å². The first-order valence-corrected chi connectivity index (χ1v) is 8.19. The summed E-state index contributed by atoms with van der Waals surface area (Å²) in [6.45, 7) is 2.06. The Labute approximate surface area is 144 Å². The van der Waals surface area contributed by atoms with E-state index in [1.54, 1.807) is 0 Å². The van der Waals surface area contributed by atoms with Gasteiger partial charge in [0.05, 0.1) is 22.1 Å². The molecule has 0 aliphatic heterocycles. The zero-order valence-electron chi connectivity index (χ0n) is 13.7. The van der Waals surface area contributed by atoms with E-state index in [0.29, 0.717) is 0 Å². The molecule has 0 radical (unpaired) electrons. The number of anilines is 2. The number of rotatable bonds is 0. The largest absolute Gasteiger partial charge is 0.399 e. The Morgan fingerprint density at radius 2 is 1.16 bits per heavy atom. The molecule has 1 heterocycles. The van der Waals surface area contributed by atoms with E-state index in [1.807, 2.05) is 42.5 Å². The molecule has 5 aromatic rings. The number of nitrogens with zero attached hydrogens (tertiary/aromatic N) is 2. The quantitative estimate of drug-likeness (QED) is 0.249. The van der Waals surface area contributed by atoms with E-state index in [1.165, 1.54) is 0 Å². The highest BCUT2D eigenvalue weighted by molar-refractivity contribution is 6.24. The van der Waals surface area contributed by atoms with Gasteiger partial charge in [-0.05, 0) is 59.7 Å². The summed E-state index contributed by atoms with van der Waals surface area (Å²) in [6, 6.07) is 18.0. The van der Waals surface area contributed by atoms with Crippen LogP contribution in [-0.4, -0.2) is 9.97 Å². The lowest BCUT2D eigenvalue weighted by Gasteiger charge is -2.11. The van der Waals surface area contributed by atoms with Gasteiger partial charge in [-0.2, -0.15) is 0 Å². The number of benzene rings is 4. The molecule has 0 saturated carbocycles. The van der Waals surface area contributed by atoms with Crippen LogP contribution in [0.25, 0.3) is 43.6 Å². The van der Waals surface area contributed by atoms with E-state index in [0.717, 1.165) is 60.5 Å². The fraction of sp³-hybridized carbons (Fsp3) is 0.0476. The third kappa shape index (κ3) is 2.01. The minimum absolute atomic E-state index is 0.717. The molecule has 4 N–H and O–H groups in total. The predicted octanol–water partition coefficient (Wildman–Crippen LogP) is 4.56. The third-order valence-corrected chi connectivity index (χ3v) is 4.71. The van der Waals surface area contributed by atoms with Gasteiger partial charge in [0.15, 0.2) is 0 Å². The molecule has 0 fully saturated rings. The second-order valence-electron chi connectivity index (χ2n) is 6.52. The van der Waals surface area contributed by atoms with Crippen molar-refractivity contribution >= 4 is 55.0 Å². The number of nitrogen functional groups attached to an aromatic ring is 2. The fourth-order valence-electron chi connectivity index (χ4n) is 3.53. The van der Waals surface area contributed by atoms with E-state index >= 15 is 0 Å². The minimum Gasteiger partial charge on any atom is -0.399 e. The normalized spacial score (nSPS) is 11.7. The van der Waals surface area contributed by atoms with Crippen LogP contribution in [0.1, 0.15) is 5.56 Å². The molecule has 5 rings (SSSR count). The maximum Gasteiger partial charge on any atom is 0.0980 e. The Kier molecular flexibility index (Phi) is 2.69. The number of aromatic nitrogens is 2. The molecular formula is C21H16N4. The molecule has 0 spiro atoms. The standard InChI is InChI=1S/C21H16N4/c1-11-2-7-18-19(8-11)25-21-17-10-13(23)4-6-15(17)14-5-3-12(22)9-16(14)20(21)24-18/h2-10H,22-23H2,1H3. The first-order valence-electron chi connectivity index (χ1n) is 8.19. The summed E-state index contributed by atoms with van der Waals surface area (Å²) < 4.78 is 0. The molecule has 0 aliphatic carbocycles. The van der Waals surface area contributed by atoms with Crippen LogP contribution in [0, 0.1) is 6.92 Å². The van der Waals surface area contributed by atoms with Crippen molar-refractivity contribution in [2.45, 2.75) is 6.92 Å². The summed E-state index contributed by atoms with van der Waals surface area (Å²) in [4.78, 5) is 9.84. The second kappa shape index (κ2) is 4.80. The van der Waals surface area contributed by atoms with Crippen LogP contribution >= 0.6 is 0 Å². The molecule has 4 nitrogen and oxygen atoms in total. The van der Waals surface area contributed by atoms with Crippen molar-refractivity contribution in [1.29, 1.82) is 0 Å². The molecule has 4 heteroatoms. The molecule has 0 aliphatic rings. The van der Waals surface area contributed by atoms with Crippen molar-refractivity contribution in [2.75, 3.05) is 11.5 Å². The number of hydrogen-bond acceptors (Lipinski definition) is 4. The van der Waals surface area contributed by atoms with E-state index < -0.39 is 0 Å². The topological polar surface area (TPSA) is 77.8 Å². The highest BCUT2D eigenvalue weighted by atomic mass is 14.8. The van der Waals surface area contributed by atoms with Crippen molar-refractivity contribution in [3.8, 4) is 0 Å². The Morgan fingerprint density at radius 3 is 1.76 bits per heavy atom. The summed E-state index contributed by atoms with van der Waals surface area (Å²) >= 11 is 0. The van der Waals surface area contributed by atoms with Gasteiger partial charge in [0.25, 0.3) is 0 Å². The lowest BCUT2D eigenvalue weighted by molar-refractivity contribution is 1.39. The van der Waals surface area contributed by atoms with Gasteiger partial charge < -0.3 is 11.5 Å². The van der Waals surface area contributed by atoms with E-state index in [2.05, 4.69) is 19.1 Å². The molecule has 0 saturated heterocycles. The van der Waals surface area contributed by atoms with Crippen LogP contribution in [-0.2, 0) is 0 Å². The first kappa shape index (κ1) is 14.0. The fourth-order valence-corrected chi connectivity index (χ4v) is 3.53. The van der Waals surface area contributed by atoms with E-state index in [9.17, 15) is 0 Å². The summed E-state index contributed by atoms with van der Waals surface area (Å²) in [7, 11) is 0. The van der Waals surface area contributed by atoms with Crippen molar-refractivity contribution in [2.24, 2.45) is 0 Å². The lowest BCUT2D eigenvalue weighted by Crippen LogP contribution is -1.94. The molecule has 4 aromatic carbocycles. The Morgan fingerprint density at radius 1 is 0.600 bits per heavy atom. The number of hydrogen-bond donors (Lipinski definition) is 2. The van der Waals surface area contributed by atoms with Gasteiger partial charge in [-0.1, -0.05) is 18.2 Å². The van der Waals surface area contributed by atoms with Gasteiger partial charge in [0.2, 0.25) is 0 Å². The third-order valence-electron chi connectivity index (χ3n) is 4.71. The average molecular weight is 324 g/mol. The molecule has 25 heavy (non-hydrogen) atoms. The number of aryl methyl sites for hydroxylation is 1. The highest BCUT2D eigenvalue weighted by Crippen LogP contribution is 2.35. The van der Waals surface area contributed by atoms with Crippen molar-refractivity contribution in [3.05, 3.63) is 60.2 Å². The van der Waals surface area contributed by atoms with Gasteiger partial charge in [-0.3, -0.25) is 0 Å². The van der Waals surface area contributed by atoms with Gasteiger partial charge in [-0.25, -0.2) is 9.97 Å². The average Bonchev–Trinajstić information content (AvgIpc) is 2.60. The Balaban J connectivity index is 2.12. The molecule has 0 amide bonds. The van der Waals surface area contributed by atoms with Gasteiger partial charge in [0, 0.05) is 22.1 Å². The minimum atomic E-state index is 0.717. The molecule has 0 bridgehead atoms. The zero-order chi connectivity index (χ0) is 17.1. The maximum atomic E-state index is 6.05. The smallest absolute Gasteiger partial charge is 0.0980 e. The summed E-state index contributed by atoms with van der Waals surface area (Å²) in [5.41, 5.74) is 18.2. The Bertz CT molecular complexity index is 1320. The Hall–Kier alpha value is -3.40. The van der Waals surface area contributed by atoms with Gasteiger partial charge in [0.1, 0.15) is 0 Å². The van der Waals surface area contributed by atoms with E-state index in [-0.39, 0.29) is 0 Å². The summed E-state index contributed by atoms with van der Waals surface area (Å²) in [5, 5.41) is 4.25. The monoisotopic (exact) mass is 324 g/mol. The van der Waals surface area contributed by atoms with Gasteiger partial charge >= 0.3 is 0 Å². The molecule has 1 aromatic heterocycles. The number of nitrogens with two attached hydrogens (primary N) is 2. The zero-order valence-corrected chi connectivity index (χ0v) is 13.7. The first-order chi connectivity index (χ1) is 12.1. The van der Waals surface area contributed by atoms with Gasteiger partial charge in [-0.15, -0.1) is 0 Å². The van der Waals surface area contributed by atoms with Crippen LogP contribution in [0.2, 0.25) is 0 Å². The van der Waals surface area contributed by atoms with Crippen LogP contribution in [0.4, 0.5) is 11.4 Å². The lowest BCUT2D eigenvalue weighted by atomic mass is 9.98. The van der Waals surface area contributed by atoms with Crippen LogP contribution in [0.5, 0.6) is 0 Å². The maximum absolute atomic E-state index is 6.05. The van der Waals surface area contributed by atoms with E-state index in [4.69, 9.17) is 21.4 Å². The SMILES string of the molecule is Cc1ccc2nc3c4cc(N)ccc4c4ccc(N)cc4c3nc2c1. The van der Waals surface area contributed by atoms with Crippen molar-refractivity contribution < 1.29 is 0 Å².